The summed E-state index contributed by atoms with van der Waals surface area (Å²) in [5, 5.41) is 9.22. The summed E-state index contributed by atoms with van der Waals surface area (Å²) < 4.78 is 7.25. The van der Waals surface area contributed by atoms with Gasteiger partial charge in [-0.05, 0) is 12.5 Å². The van der Waals surface area contributed by atoms with Crippen molar-refractivity contribution in [3.63, 3.8) is 0 Å². The number of nitrogens with two attached hydrogens (primary N) is 1. The number of nitrogens with zero attached hydrogens (tertiary/aromatic N) is 5. The zero-order chi connectivity index (χ0) is 19.1. The first kappa shape index (κ1) is 17.5. The van der Waals surface area contributed by atoms with Crippen molar-refractivity contribution in [1.82, 2.24) is 19.5 Å². The van der Waals surface area contributed by atoms with Gasteiger partial charge in [-0.3, -0.25) is 9.88 Å². The van der Waals surface area contributed by atoms with Crippen molar-refractivity contribution in [3.05, 3.63) is 18.1 Å². The van der Waals surface area contributed by atoms with Gasteiger partial charge in [0.2, 0.25) is 0 Å². The Kier molecular flexibility index (Phi) is 4.31. The van der Waals surface area contributed by atoms with Crippen LogP contribution in [0.1, 0.15) is 26.1 Å². The number of aryl methyl sites for hydroxylation is 2. The Balaban J connectivity index is 1.89. The smallest absolute Gasteiger partial charge is 0.414 e. The number of ether oxygens (including phenoxy) is 1. The molecule has 1 aliphatic heterocycles. The fourth-order valence-corrected chi connectivity index (χ4v) is 3.52. The Morgan fingerprint density at radius 1 is 1.33 bits per heavy atom. The molecule has 0 spiro atoms. The van der Waals surface area contributed by atoms with E-state index in [2.05, 4.69) is 33.4 Å². The van der Waals surface area contributed by atoms with Crippen molar-refractivity contribution in [2.45, 2.75) is 39.3 Å². The molecule has 1 atom stereocenters. The number of aromatic nitrogens is 4. The highest BCUT2D eigenvalue weighted by Gasteiger charge is 2.32. The zero-order valence-electron chi connectivity index (χ0n) is 15.3. The van der Waals surface area contributed by atoms with Crippen molar-refractivity contribution in [2.24, 2.45) is 0 Å². The highest BCUT2D eigenvalue weighted by Crippen LogP contribution is 2.31. The van der Waals surface area contributed by atoms with Crippen LogP contribution in [0.25, 0.3) is 22.1 Å². The first-order valence-corrected chi connectivity index (χ1v) is 9.10. The van der Waals surface area contributed by atoms with E-state index in [-0.39, 0.29) is 13.2 Å². The Hall–Kier alpha value is -2.94. The van der Waals surface area contributed by atoms with Crippen LogP contribution in [0, 0.1) is 0 Å². The quantitative estimate of drug-likeness (QED) is 0.703. The molecule has 1 unspecified atom stereocenters. The van der Waals surface area contributed by atoms with Gasteiger partial charge >= 0.3 is 6.09 Å². The first-order chi connectivity index (χ1) is 13.1. The SMILES string of the molecule is CCCn1c(CC)nc2c(N)nc3cc(N4CC(CO)OC4=O)cnc3c21. The molecule has 4 heterocycles. The number of nitrogen functional groups attached to an aromatic ring is 1. The summed E-state index contributed by atoms with van der Waals surface area (Å²) in [7, 11) is 0. The van der Waals surface area contributed by atoms with E-state index in [9.17, 15) is 9.90 Å². The number of rotatable bonds is 5. The van der Waals surface area contributed by atoms with Crippen molar-refractivity contribution < 1.29 is 14.6 Å². The number of aliphatic hydroxyl groups excluding tert-OH is 1. The maximum atomic E-state index is 12.0. The van der Waals surface area contributed by atoms with Gasteiger partial charge in [0.05, 0.1) is 30.6 Å². The summed E-state index contributed by atoms with van der Waals surface area (Å²) in [6, 6.07) is 1.77. The van der Waals surface area contributed by atoms with Crippen molar-refractivity contribution in [1.29, 1.82) is 0 Å². The van der Waals surface area contributed by atoms with Crippen molar-refractivity contribution >= 4 is 39.7 Å². The average Bonchev–Trinajstić information content (AvgIpc) is 3.23. The molecule has 27 heavy (non-hydrogen) atoms. The number of aliphatic hydroxyl groups is 1. The average molecular weight is 370 g/mol. The third-order valence-electron chi connectivity index (χ3n) is 4.76. The molecule has 0 aliphatic carbocycles. The van der Waals surface area contributed by atoms with Crippen LogP contribution in [-0.4, -0.2) is 50.0 Å². The second-order valence-electron chi connectivity index (χ2n) is 6.59. The molecule has 1 fully saturated rings. The molecule has 0 aromatic carbocycles. The highest BCUT2D eigenvalue weighted by atomic mass is 16.6. The van der Waals surface area contributed by atoms with Gasteiger partial charge in [0.25, 0.3) is 0 Å². The van der Waals surface area contributed by atoms with E-state index >= 15 is 0 Å². The minimum atomic E-state index is -0.535. The van der Waals surface area contributed by atoms with Crippen LogP contribution in [0.5, 0.6) is 0 Å². The third kappa shape index (κ3) is 2.74. The predicted octanol–water partition coefficient (Wildman–Crippen LogP) is 1.85. The number of hydrogen-bond donors (Lipinski definition) is 2. The number of hydrogen-bond acceptors (Lipinski definition) is 7. The lowest BCUT2D eigenvalue weighted by Crippen LogP contribution is -2.25. The number of imidazole rings is 1. The molecule has 4 rings (SSSR count). The lowest BCUT2D eigenvalue weighted by molar-refractivity contribution is 0.0963. The van der Waals surface area contributed by atoms with E-state index in [0.717, 1.165) is 30.7 Å². The van der Waals surface area contributed by atoms with Crippen molar-refractivity contribution in [3.8, 4) is 0 Å². The molecule has 9 nitrogen and oxygen atoms in total. The molecule has 0 saturated carbocycles. The zero-order valence-corrected chi connectivity index (χ0v) is 15.3. The number of anilines is 2. The van der Waals surface area contributed by atoms with E-state index < -0.39 is 12.2 Å². The van der Waals surface area contributed by atoms with Crippen LogP contribution in [0.3, 0.4) is 0 Å². The topological polar surface area (TPSA) is 119 Å². The van der Waals surface area contributed by atoms with Gasteiger partial charge in [-0.25, -0.2) is 14.8 Å². The summed E-state index contributed by atoms with van der Waals surface area (Å²) in [4.78, 5) is 27.2. The number of carbonyl (C=O) groups is 1. The van der Waals surface area contributed by atoms with Crippen LogP contribution in [0.2, 0.25) is 0 Å². The molecular formula is C18H22N6O3. The number of cyclic esters (lactones) is 1. The van der Waals surface area contributed by atoms with E-state index in [1.54, 1.807) is 12.3 Å². The third-order valence-corrected chi connectivity index (χ3v) is 4.76. The molecule has 1 saturated heterocycles. The summed E-state index contributed by atoms with van der Waals surface area (Å²) in [6.45, 7) is 5.04. The van der Waals surface area contributed by atoms with Gasteiger partial charge in [-0.2, -0.15) is 0 Å². The minimum absolute atomic E-state index is 0.217. The summed E-state index contributed by atoms with van der Waals surface area (Å²) in [6.07, 6.45) is 2.33. The lowest BCUT2D eigenvalue weighted by Gasteiger charge is -2.14. The summed E-state index contributed by atoms with van der Waals surface area (Å²) in [5.41, 5.74) is 9.57. The Morgan fingerprint density at radius 3 is 2.81 bits per heavy atom. The first-order valence-electron chi connectivity index (χ1n) is 9.10. The van der Waals surface area contributed by atoms with Crippen LogP contribution in [0.4, 0.5) is 16.3 Å². The van der Waals surface area contributed by atoms with E-state index in [1.807, 2.05) is 0 Å². The number of pyridine rings is 2. The molecule has 3 N–H and O–H groups in total. The Bertz CT molecular complexity index is 1030. The van der Waals surface area contributed by atoms with Crippen molar-refractivity contribution in [2.75, 3.05) is 23.8 Å². The van der Waals surface area contributed by atoms with Gasteiger partial charge < -0.3 is 20.1 Å². The molecule has 9 heteroatoms. The van der Waals surface area contributed by atoms with Gasteiger partial charge in [-0.1, -0.05) is 13.8 Å². The van der Waals surface area contributed by atoms with E-state index in [0.29, 0.717) is 28.1 Å². The fourth-order valence-electron chi connectivity index (χ4n) is 3.52. The van der Waals surface area contributed by atoms with E-state index in [4.69, 9.17) is 10.5 Å². The standard InChI is InChI=1S/C18H22N6O3/c1-3-5-23-13(4-2)22-15-16(23)14-12(21-17(15)19)6-10(7-20-14)24-8-11(9-25)27-18(24)26/h6-7,11,25H,3-5,8-9H2,1-2H3,(H2,19,21). The maximum Gasteiger partial charge on any atom is 0.414 e. The largest absolute Gasteiger partial charge is 0.441 e. The number of amides is 1. The van der Waals surface area contributed by atoms with Gasteiger partial charge in [0.15, 0.2) is 5.82 Å². The number of carbonyl (C=O) groups excluding carboxylic acids is 1. The normalized spacial score (nSPS) is 17.2. The molecule has 142 valence electrons. The summed E-state index contributed by atoms with van der Waals surface area (Å²) >= 11 is 0. The van der Waals surface area contributed by atoms with Crippen LogP contribution in [-0.2, 0) is 17.7 Å². The van der Waals surface area contributed by atoms with E-state index in [1.165, 1.54) is 4.90 Å². The van der Waals surface area contributed by atoms with Gasteiger partial charge in [-0.15, -0.1) is 0 Å². The molecule has 1 aliphatic rings. The molecular weight excluding hydrogens is 348 g/mol. The molecule has 3 aromatic rings. The second kappa shape index (κ2) is 6.66. The lowest BCUT2D eigenvalue weighted by atomic mass is 10.2. The predicted molar refractivity (Wildman–Crippen MR) is 102 cm³/mol. The summed E-state index contributed by atoms with van der Waals surface area (Å²) in [5.74, 6) is 1.30. The molecule has 1 amide bonds. The molecule has 3 aromatic heterocycles. The molecule has 0 radical (unpaired) electrons. The Morgan fingerprint density at radius 2 is 2.15 bits per heavy atom. The number of fused-ring (bicyclic) bond motifs is 3. The second-order valence-corrected chi connectivity index (χ2v) is 6.59. The van der Waals surface area contributed by atoms with Crippen LogP contribution in [0.15, 0.2) is 12.3 Å². The van der Waals surface area contributed by atoms with Gasteiger partial charge in [0.1, 0.15) is 28.5 Å². The molecule has 0 bridgehead atoms. The highest BCUT2D eigenvalue weighted by molar-refractivity contribution is 6.05. The fraction of sp³-hybridized carbons (Fsp3) is 0.444. The van der Waals surface area contributed by atoms with Crippen LogP contribution < -0.4 is 10.6 Å². The maximum absolute atomic E-state index is 12.0. The Labute approximate surface area is 155 Å². The van der Waals surface area contributed by atoms with Gasteiger partial charge in [0, 0.05) is 13.0 Å². The monoisotopic (exact) mass is 370 g/mol. The minimum Gasteiger partial charge on any atom is -0.441 e. The van der Waals surface area contributed by atoms with Crippen LogP contribution >= 0.6 is 0 Å².